The molecule has 90 valence electrons. The van der Waals surface area contributed by atoms with Gasteiger partial charge in [-0.3, -0.25) is 4.90 Å². The number of β-amino-alcohol motifs (C(OH)–C–C–N with tert-alkyl or cyclic N) is 1. The lowest BCUT2D eigenvalue weighted by molar-refractivity contribution is -0.126. The molecule has 1 aromatic heterocycles. The Morgan fingerprint density at radius 3 is 2.75 bits per heavy atom. The molecule has 0 unspecified atom stereocenters. The van der Waals surface area contributed by atoms with Crippen LogP contribution in [0, 0.1) is 12.8 Å². The minimum absolute atomic E-state index is 0.355. The van der Waals surface area contributed by atoms with Crippen molar-refractivity contribution in [1.29, 1.82) is 0 Å². The van der Waals surface area contributed by atoms with Gasteiger partial charge in [0.1, 0.15) is 0 Å². The number of aryl methyl sites for hydroxylation is 1. The lowest BCUT2D eigenvalue weighted by Crippen LogP contribution is -2.64. The molecule has 1 aliphatic rings. The van der Waals surface area contributed by atoms with E-state index in [4.69, 9.17) is 0 Å². The third kappa shape index (κ3) is 2.29. The fourth-order valence-electron chi connectivity index (χ4n) is 2.08. The first-order valence-corrected chi connectivity index (χ1v) is 6.73. The highest BCUT2D eigenvalue weighted by Crippen LogP contribution is 2.28. The van der Waals surface area contributed by atoms with Gasteiger partial charge >= 0.3 is 0 Å². The molecule has 0 radical (unpaired) electrons. The Kier molecular flexibility index (Phi) is 3.33. The Morgan fingerprint density at radius 2 is 2.25 bits per heavy atom. The van der Waals surface area contributed by atoms with Crippen molar-refractivity contribution in [1.82, 2.24) is 9.88 Å². The fraction of sp³-hybridized carbons (Fsp3) is 0.750. The van der Waals surface area contributed by atoms with Crippen molar-refractivity contribution in [3.05, 3.63) is 16.1 Å². The summed E-state index contributed by atoms with van der Waals surface area (Å²) in [6.45, 7) is 8.92. The zero-order valence-corrected chi connectivity index (χ0v) is 11.0. The minimum atomic E-state index is -0.442. The normalized spacial score (nSPS) is 20.1. The Balaban J connectivity index is 1.77. The second kappa shape index (κ2) is 4.43. The molecule has 0 atom stereocenters. The first-order chi connectivity index (χ1) is 7.51. The van der Waals surface area contributed by atoms with Gasteiger partial charge in [0.25, 0.3) is 0 Å². The lowest BCUT2D eigenvalue weighted by Gasteiger charge is -2.49. The summed E-state index contributed by atoms with van der Waals surface area (Å²) in [5, 5.41) is 10.1. The number of thiazole rings is 1. The van der Waals surface area contributed by atoms with E-state index in [0.717, 1.165) is 31.7 Å². The predicted octanol–water partition coefficient (Wildman–Crippen LogP) is 1.70. The summed E-state index contributed by atoms with van der Waals surface area (Å²) in [5.74, 6) is 0.355. The average Bonchev–Trinajstić information content (AvgIpc) is 2.56. The van der Waals surface area contributed by atoms with Crippen LogP contribution in [-0.2, 0) is 6.42 Å². The van der Waals surface area contributed by atoms with Gasteiger partial charge in [0.15, 0.2) is 0 Å². The lowest BCUT2D eigenvalue weighted by atomic mass is 9.83. The van der Waals surface area contributed by atoms with E-state index in [1.165, 1.54) is 4.88 Å². The molecule has 1 aliphatic heterocycles. The smallest absolute Gasteiger partial charge is 0.0922 e. The highest BCUT2D eigenvalue weighted by atomic mass is 32.1. The molecule has 0 amide bonds. The molecule has 1 fully saturated rings. The molecule has 1 saturated heterocycles. The van der Waals surface area contributed by atoms with Gasteiger partial charge < -0.3 is 5.11 Å². The van der Waals surface area contributed by atoms with E-state index in [0.29, 0.717) is 5.92 Å². The van der Waals surface area contributed by atoms with Gasteiger partial charge in [0, 0.05) is 24.5 Å². The number of aromatic nitrogens is 1. The van der Waals surface area contributed by atoms with E-state index in [1.54, 1.807) is 11.3 Å². The summed E-state index contributed by atoms with van der Waals surface area (Å²) in [6, 6.07) is 0. The van der Waals surface area contributed by atoms with Crippen LogP contribution in [0.15, 0.2) is 5.51 Å². The van der Waals surface area contributed by atoms with Crippen LogP contribution in [0.3, 0.4) is 0 Å². The van der Waals surface area contributed by atoms with Crippen LogP contribution in [0.2, 0.25) is 0 Å². The van der Waals surface area contributed by atoms with E-state index in [1.807, 2.05) is 5.51 Å². The highest BCUT2D eigenvalue weighted by Gasteiger charge is 2.43. The van der Waals surface area contributed by atoms with Crippen LogP contribution in [0.25, 0.3) is 0 Å². The van der Waals surface area contributed by atoms with E-state index in [2.05, 4.69) is 30.7 Å². The van der Waals surface area contributed by atoms with Crippen molar-refractivity contribution in [2.45, 2.75) is 32.8 Å². The van der Waals surface area contributed by atoms with Crippen LogP contribution < -0.4 is 0 Å². The summed E-state index contributed by atoms with van der Waals surface area (Å²) in [7, 11) is 0. The van der Waals surface area contributed by atoms with E-state index in [9.17, 15) is 5.11 Å². The van der Waals surface area contributed by atoms with Gasteiger partial charge in [-0.2, -0.15) is 0 Å². The topological polar surface area (TPSA) is 36.4 Å². The van der Waals surface area contributed by atoms with Crippen molar-refractivity contribution < 1.29 is 5.11 Å². The molecule has 1 aromatic rings. The SMILES string of the molecule is Cc1ncsc1CCN1CC(O)(C(C)C)C1. The van der Waals surface area contributed by atoms with Crippen molar-refractivity contribution >= 4 is 11.3 Å². The molecule has 0 bridgehead atoms. The summed E-state index contributed by atoms with van der Waals surface area (Å²) in [5.41, 5.74) is 2.62. The summed E-state index contributed by atoms with van der Waals surface area (Å²) in [4.78, 5) is 7.94. The van der Waals surface area contributed by atoms with Crippen molar-refractivity contribution in [2.24, 2.45) is 5.92 Å². The van der Waals surface area contributed by atoms with E-state index < -0.39 is 5.60 Å². The molecule has 2 rings (SSSR count). The third-order valence-electron chi connectivity index (χ3n) is 3.57. The van der Waals surface area contributed by atoms with Crippen LogP contribution in [0.5, 0.6) is 0 Å². The molecular weight excluding hydrogens is 220 g/mol. The highest BCUT2D eigenvalue weighted by molar-refractivity contribution is 7.09. The predicted molar refractivity (Wildman–Crippen MR) is 66.8 cm³/mol. The summed E-state index contributed by atoms with van der Waals surface area (Å²) < 4.78 is 0. The van der Waals surface area contributed by atoms with Crippen LogP contribution in [0.4, 0.5) is 0 Å². The number of rotatable bonds is 4. The standard InChI is InChI=1S/C12H20N2OS/c1-9(2)12(15)6-14(7-12)5-4-11-10(3)13-8-16-11/h8-9,15H,4-7H2,1-3H3. The Labute approximate surface area is 101 Å². The van der Waals surface area contributed by atoms with E-state index in [-0.39, 0.29) is 0 Å². The maximum atomic E-state index is 10.1. The van der Waals surface area contributed by atoms with Gasteiger partial charge in [0.2, 0.25) is 0 Å². The zero-order valence-electron chi connectivity index (χ0n) is 10.2. The molecule has 0 aromatic carbocycles. The average molecular weight is 240 g/mol. The fourth-order valence-corrected chi connectivity index (χ4v) is 2.85. The van der Waals surface area contributed by atoms with E-state index >= 15 is 0 Å². The first kappa shape index (κ1) is 12.0. The van der Waals surface area contributed by atoms with Crippen LogP contribution in [-0.4, -0.2) is 40.2 Å². The molecule has 0 aliphatic carbocycles. The van der Waals surface area contributed by atoms with Gasteiger partial charge in [0.05, 0.1) is 16.8 Å². The van der Waals surface area contributed by atoms with Gasteiger partial charge in [-0.15, -0.1) is 11.3 Å². The quantitative estimate of drug-likeness (QED) is 0.870. The number of hydrogen-bond donors (Lipinski definition) is 1. The molecule has 1 N–H and O–H groups in total. The van der Waals surface area contributed by atoms with Gasteiger partial charge in [-0.05, 0) is 19.3 Å². The van der Waals surface area contributed by atoms with Gasteiger partial charge in [-0.1, -0.05) is 13.8 Å². The number of likely N-dealkylation sites (tertiary alicyclic amines) is 1. The maximum absolute atomic E-state index is 10.1. The third-order valence-corrected chi connectivity index (χ3v) is 4.56. The number of nitrogens with zero attached hydrogens (tertiary/aromatic N) is 2. The largest absolute Gasteiger partial charge is 0.387 e. The van der Waals surface area contributed by atoms with Crippen LogP contribution in [0.1, 0.15) is 24.4 Å². The van der Waals surface area contributed by atoms with Crippen molar-refractivity contribution in [2.75, 3.05) is 19.6 Å². The molecule has 0 saturated carbocycles. The Hall–Kier alpha value is -0.450. The molecule has 4 heteroatoms. The maximum Gasteiger partial charge on any atom is 0.0922 e. The molecule has 2 heterocycles. The molecule has 16 heavy (non-hydrogen) atoms. The monoisotopic (exact) mass is 240 g/mol. The Bertz CT molecular complexity index is 356. The number of hydrogen-bond acceptors (Lipinski definition) is 4. The minimum Gasteiger partial charge on any atom is -0.387 e. The summed E-state index contributed by atoms with van der Waals surface area (Å²) in [6.07, 6.45) is 1.06. The molecule has 0 spiro atoms. The van der Waals surface area contributed by atoms with Crippen molar-refractivity contribution in [3.63, 3.8) is 0 Å². The Morgan fingerprint density at radius 1 is 1.56 bits per heavy atom. The first-order valence-electron chi connectivity index (χ1n) is 5.85. The second-order valence-electron chi connectivity index (χ2n) is 5.08. The van der Waals surface area contributed by atoms with Gasteiger partial charge in [-0.25, -0.2) is 4.98 Å². The number of aliphatic hydroxyl groups is 1. The van der Waals surface area contributed by atoms with Crippen molar-refractivity contribution in [3.8, 4) is 0 Å². The second-order valence-corrected chi connectivity index (χ2v) is 6.02. The van der Waals surface area contributed by atoms with Crippen LogP contribution >= 0.6 is 11.3 Å². The summed E-state index contributed by atoms with van der Waals surface area (Å²) >= 11 is 1.73. The molecular formula is C12H20N2OS. The molecule has 3 nitrogen and oxygen atoms in total. The zero-order chi connectivity index (χ0) is 11.8.